The lowest BCUT2D eigenvalue weighted by atomic mass is 9.80. The number of hydrogen-bond acceptors (Lipinski definition) is 4. The zero-order valence-electron chi connectivity index (χ0n) is 16.3. The minimum Gasteiger partial charge on any atom is -0.465 e. The summed E-state index contributed by atoms with van der Waals surface area (Å²) in [6, 6.07) is 31.5. The Morgan fingerprint density at radius 1 is 0.862 bits per heavy atom. The minimum atomic E-state index is -1.01. The van der Waals surface area contributed by atoms with Crippen LogP contribution in [0.2, 0.25) is 0 Å². The SMILES string of the molecule is CCOC(=O)C(C#N)COC(c1ccccc1)(c1ccccc1)c1ccccc1. The third kappa shape index (κ3) is 4.37. The van der Waals surface area contributed by atoms with Crippen LogP contribution in [-0.4, -0.2) is 19.2 Å². The molecule has 4 heteroatoms. The van der Waals surface area contributed by atoms with Gasteiger partial charge in [0.1, 0.15) is 5.60 Å². The summed E-state index contributed by atoms with van der Waals surface area (Å²) in [7, 11) is 0. The molecule has 4 nitrogen and oxygen atoms in total. The lowest BCUT2D eigenvalue weighted by molar-refractivity contribution is -0.149. The molecule has 0 saturated carbocycles. The standard InChI is InChI=1S/C25H23NO3/c1-2-28-24(27)20(18-26)19-29-25(21-12-6-3-7-13-21,22-14-8-4-9-15-22)23-16-10-5-11-17-23/h3-17,20H,2,19H2,1H3. The summed E-state index contributed by atoms with van der Waals surface area (Å²) in [6.07, 6.45) is 0. The highest BCUT2D eigenvalue weighted by Gasteiger charge is 2.39. The Labute approximate surface area is 171 Å². The number of ether oxygens (including phenoxy) is 2. The Bertz CT molecular complexity index is 853. The number of carbonyl (C=O) groups is 1. The van der Waals surface area contributed by atoms with Gasteiger partial charge < -0.3 is 9.47 Å². The van der Waals surface area contributed by atoms with Crippen LogP contribution in [0, 0.1) is 17.2 Å². The molecule has 0 aliphatic rings. The highest BCUT2D eigenvalue weighted by molar-refractivity contribution is 5.75. The van der Waals surface area contributed by atoms with Crippen molar-refractivity contribution in [3.8, 4) is 6.07 Å². The second kappa shape index (κ2) is 9.68. The normalized spacial score (nSPS) is 12.0. The molecular weight excluding hydrogens is 362 g/mol. The minimum absolute atomic E-state index is 0.0893. The van der Waals surface area contributed by atoms with Crippen LogP contribution in [0.15, 0.2) is 91.0 Å². The first-order valence-electron chi connectivity index (χ1n) is 9.59. The Hall–Kier alpha value is -3.42. The Morgan fingerprint density at radius 2 is 1.28 bits per heavy atom. The fourth-order valence-corrected chi connectivity index (χ4v) is 3.38. The third-order valence-electron chi connectivity index (χ3n) is 4.73. The number of hydrogen-bond donors (Lipinski definition) is 0. The monoisotopic (exact) mass is 385 g/mol. The molecule has 0 amide bonds. The van der Waals surface area contributed by atoms with E-state index in [2.05, 4.69) is 0 Å². The molecule has 1 atom stereocenters. The predicted molar refractivity (Wildman–Crippen MR) is 111 cm³/mol. The molecule has 0 saturated heterocycles. The van der Waals surface area contributed by atoms with Gasteiger partial charge in [0.25, 0.3) is 0 Å². The van der Waals surface area contributed by atoms with E-state index >= 15 is 0 Å². The lowest BCUT2D eigenvalue weighted by Crippen LogP contribution is -2.36. The maximum Gasteiger partial charge on any atom is 0.325 e. The van der Waals surface area contributed by atoms with E-state index in [0.717, 1.165) is 16.7 Å². The molecule has 3 rings (SSSR count). The van der Waals surface area contributed by atoms with E-state index < -0.39 is 17.5 Å². The zero-order valence-corrected chi connectivity index (χ0v) is 16.3. The van der Waals surface area contributed by atoms with Gasteiger partial charge in [-0.1, -0.05) is 91.0 Å². The van der Waals surface area contributed by atoms with E-state index in [4.69, 9.17) is 9.47 Å². The number of nitriles is 1. The van der Waals surface area contributed by atoms with Crippen LogP contribution in [-0.2, 0) is 19.9 Å². The van der Waals surface area contributed by atoms with Crippen molar-refractivity contribution in [3.63, 3.8) is 0 Å². The Kier molecular flexibility index (Phi) is 6.78. The molecule has 3 aromatic carbocycles. The zero-order chi connectivity index (χ0) is 20.5. The van der Waals surface area contributed by atoms with Gasteiger partial charge in [0.05, 0.1) is 19.3 Å². The first-order valence-corrected chi connectivity index (χ1v) is 9.59. The predicted octanol–water partition coefficient (Wildman–Crippen LogP) is 4.70. The topological polar surface area (TPSA) is 59.3 Å². The van der Waals surface area contributed by atoms with Crippen molar-refractivity contribution < 1.29 is 14.3 Å². The summed E-state index contributed by atoms with van der Waals surface area (Å²) in [5, 5.41) is 9.50. The second-order valence-corrected chi connectivity index (χ2v) is 6.52. The van der Waals surface area contributed by atoms with Crippen LogP contribution in [0.1, 0.15) is 23.6 Å². The number of benzene rings is 3. The van der Waals surface area contributed by atoms with Crippen LogP contribution in [0.4, 0.5) is 0 Å². The molecule has 1 unspecified atom stereocenters. The molecule has 0 aliphatic carbocycles. The number of nitrogens with zero attached hydrogens (tertiary/aromatic N) is 1. The van der Waals surface area contributed by atoms with Crippen LogP contribution in [0.25, 0.3) is 0 Å². The second-order valence-electron chi connectivity index (χ2n) is 6.52. The van der Waals surface area contributed by atoms with E-state index in [-0.39, 0.29) is 13.2 Å². The molecule has 0 bridgehead atoms. The fraction of sp³-hybridized carbons (Fsp3) is 0.200. The summed E-state index contributed by atoms with van der Waals surface area (Å²) in [5.74, 6) is -1.58. The van der Waals surface area contributed by atoms with Gasteiger partial charge in [-0.05, 0) is 23.6 Å². The van der Waals surface area contributed by atoms with Crippen molar-refractivity contribution in [3.05, 3.63) is 108 Å². The van der Waals surface area contributed by atoms with Crippen LogP contribution in [0.5, 0.6) is 0 Å². The van der Waals surface area contributed by atoms with E-state index in [1.54, 1.807) is 6.92 Å². The molecule has 0 N–H and O–H groups in total. The van der Waals surface area contributed by atoms with Gasteiger partial charge in [-0.3, -0.25) is 4.79 Å². The molecule has 0 spiro atoms. The first kappa shape index (κ1) is 20.3. The Morgan fingerprint density at radius 3 is 1.62 bits per heavy atom. The van der Waals surface area contributed by atoms with Crippen molar-refractivity contribution in [1.82, 2.24) is 0 Å². The fourth-order valence-electron chi connectivity index (χ4n) is 3.38. The van der Waals surface area contributed by atoms with Gasteiger partial charge >= 0.3 is 5.97 Å². The lowest BCUT2D eigenvalue weighted by Gasteiger charge is -2.36. The van der Waals surface area contributed by atoms with Crippen molar-refractivity contribution in [1.29, 1.82) is 5.26 Å². The van der Waals surface area contributed by atoms with Gasteiger partial charge in [0.2, 0.25) is 0 Å². The van der Waals surface area contributed by atoms with Gasteiger partial charge in [-0.25, -0.2) is 0 Å². The summed E-state index contributed by atoms with van der Waals surface area (Å²) in [5.41, 5.74) is 1.78. The smallest absolute Gasteiger partial charge is 0.325 e. The molecule has 0 aliphatic heterocycles. The molecule has 0 fully saturated rings. The summed E-state index contributed by atoms with van der Waals surface area (Å²) in [6.45, 7) is 1.85. The van der Waals surface area contributed by atoms with E-state index in [0.29, 0.717) is 0 Å². The number of esters is 1. The van der Waals surface area contributed by atoms with Crippen LogP contribution >= 0.6 is 0 Å². The van der Waals surface area contributed by atoms with Crippen molar-refractivity contribution >= 4 is 5.97 Å². The average Bonchev–Trinajstić information content (AvgIpc) is 2.79. The number of carbonyl (C=O) groups excluding carboxylic acids is 1. The highest BCUT2D eigenvalue weighted by atomic mass is 16.5. The molecule has 3 aromatic rings. The van der Waals surface area contributed by atoms with Gasteiger partial charge in [-0.15, -0.1) is 0 Å². The molecule has 146 valence electrons. The summed E-state index contributed by atoms with van der Waals surface area (Å²) >= 11 is 0. The van der Waals surface area contributed by atoms with Crippen LogP contribution < -0.4 is 0 Å². The molecule has 0 aromatic heterocycles. The van der Waals surface area contributed by atoms with Crippen LogP contribution in [0.3, 0.4) is 0 Å². The molecule has 0 radical (unpaired) electrons. The average molecular weight is 385 g/mol. The molecule has 0 heterocycles. The van der Waals surface area contributed by atoms with Crippen molar-refractivity contribution in [2.45, 2.75) is 12.5 Å². The highest BCUT2D eigenvalue weighted by Crippen LogP contribution is 2.40. The quantitative estimate of drug-likeness (QED) is 0.417. The van der Waals surface area contributed by atoms with E-state index in [1.165, 1.54) is 0 Å². The van der Waals surface area contributed by atoms with Crippen molar-refractivity contribution in [2.75, 3.05) is 13.2 Å². The number of rotatable bonds is 8. The maximum absolute atomic E-state index is 12.2. The first-order chi connectivity index (χ1) is 14.2. The van der Waals surface area contributed by atoms with Gasteiger partial charge in [-0.2, -0.15) is 5.26 Å². The third-order valence-corrected chi connectivity index (χ3v) is 4.73. The summed E-state index contributed by atoms with van der Waals surface area (Å²) < 4.78 is 11.5. The van der Waals surface area contributed by atoms with Gasteiger partial charge in [0, 0.05) is 0 Å². The molecular formula is C25H23NO3. The largest absolute Gasteiger partial charge is 0.465 e. The summed E-state index contributed by atoms with van der Waals surface area (Å²) in [4.78, 5) is 12.2. The Balaban J connectivity index is 2.13. The van der Waals surface area contributed by atoms with Gasteiger partial charge in [0.15, 0.2) is 5.92 Å². The van der Waals surface area contributed by atoms with E-state index in [1.807, 2.05) is 97.1 Å². The molecule has 29 heavy (non-hydrogen) atoms. The maximum atomic E-state index is 12.2. The van der Waals surface area contributed by atoms with Crippen molar-refractivity contribution in [2.24, 2.45) is 5.92 Å². The van der Waals surface area contributed by atoms with E-state index in [9.17, 15) is 10.1 Å².